The summed E-state index contributed by atoms with van der Waals surface area (Å²) in [5, 5.41) is 19.8. The quantitative estimate of drug-likeness (QED) is 0.612. The van der Waals surface area contributed by atoms with Gasteiger partial charge in [-0.3, -0.25) is 10.1 Å². The second-order valence-corrected chi connectivity index (χ2v) is 3.55. The minimum atomic E-state index is -0.588. The molecular formula is C8H8BrNO3. The smallest absolute Gasteiger partial charge is 0.314 e. The minimum Gasteiger partial charge on any atom is -0.502 e. The summed E-state index contributed by atoms with van der Waals surface area (Å²) in [5.41, 5.74) is 0.987. The van der Waals surface area contributed by atoms with E-state index in [1.165, 1.54) is 6.07 Å². The standard InChI is InChI=1S/C8H8BrNO3/c1-4-3-6(11)8(10(12)13)5(2)7(4)9/h3,11H,1-2H3. The van der Waals surface area contributed by atoms with Crippen molar-refractivity contribution in [3.63, 3.8) is 0 Å². The molecule has 4 nitrogen and oxygen atoms in total. The third-order valence-corrected chi connectivity index (χ3v) is 3.03. The van der Waals surface area contributed by atoms with Gasteiger partial charge < -0.3 is 5.11 Å². The van der Waals surface area contributed by atoms with Crippen molar-refractivity contribution in [2.24, 2.45) is 0 Å². The predicted molar refractivity (Wildman–Crippen MR) is 51.9 cm³/mol. The summed E-state index contributed by atoms with van der Waals surface area (Å²) in [6.45, 7) is 3.36. The first-order valence-electron chi connectivity index (χ1n) is 3.58. The van der Waals surface area contributed by atoms with E-state index in [-0.39, 0.29) is 11.4 Å². The number of halogens is 1. The zero-order valence-electron chi connectivity index (χ0n) is 7.17. The van der Waals surface area contributed by atoms with E-state index in [2.05, 4.69) is 15.9 Å². The Morgan fingerprint density at radius 3 is 2.54 bits per heavy atom. The van der Waals surface area contributed by atoms with Crippen LogP contribution in [0.5, 0.6) is 5.75 Å². The van der Waals surface area contributed by atoms with Gasteiger partial charge in [-0.25, -0.2) is 0 Å². The molecule has 1 rings (SSSR count). The lowest BCUT2D eigenvalue weighted by Crippen LogP contribution is -1.94. The minimum absolute atomic E-state index is 0.238. The number of nitro groups is 1. The highest BCUT2D eigenvalue weighted by atomic mass is 79.9. The second kappa shape index (κ2) is 3.33. The number of hydrogen-bond acceptors (Lipinski definition) is 3. The van der Waals surface area contributed by atoms with Gasteiger partial charge in [0.1, 0.15) is 0 Å². The Kier molecular flexibility index (Phi) is 2.56. The van der Waals surface area contributed by atoms with E-state index in [0.29, 0.717) is 10.0 Å². The molecule has 1 aromatic rings. The molecular weight excluding hydrogens is 238 g/mol. The highest BCUT2D eigenvalue weighted by Crippen LogP contribution is 2.36. The molecule has 0 aliphatic rings. The second-order valence-electron chi connectivity index (χ2n) is 2.76. The topological polar surface area (TPSA) is 63.4 Å². The molecule has 0 spiro atoms. The lowest BCUT2D eigenvalue weighted by atomic mass is 10.1. The highest BCUT2D eigenvalue weighted by molar-refractivity contribution is 9.10. The fraction of sp³-hybridized carbons (Fsp3) is 0.250. The van der Waals surface area contributed by atoms with Crippen LogP contribution in [0.4, 0.5) is 5.69 Å². The summed E-state index contributed by atoms with van der Waals surface area (Å²) in [6, 6.07) is 1.37. The number of aryl methyl sites for hydroxylation is 1. The number of benzene rings is 1. The highest BCUT2D eigenvalue weighted by Gasteiger charge is 2.20. The van der Waals surface area contributed by atoms with Gasteiger partial charge in [0.05, 0.1) is 4.92 Å². The zero-order chi connectivity index (χ0) is 10.2. The van der Waals surface area contributed by atoms with Crippen LogP contribution in [0, 0.1) is 24.0 Å². The van der Waals surface area contributed by atoms with Crippen LogP contribution in [0.3, 0.4) is 0 Å². The molecule has 0 saturated heterocycles. The molecule has 0 aromatic heterocycles. The van der Waals surface area contributed by atoms with Crippen molar-refractivity contribution in [3.8, 4) is 5.75 Å². The van der Waals surface area contributed by atoms with E-state index in [1.54, 1.807) is 13.8 Å². The third-order valence-electron chi connectivity index (χ3n) is 1.81. The molecule has 1 aromatic carbocycles. The molecule has 5 heteroatoms. The van der Waals surface area contributed by atoms with Gasteiger partial charge in [-0.15, -0.1) is 0 Å². The molecule has 0 amide bonds. The fourth-order valence-electron chi connectivity index (χ4n) is 1.16. The van der Waals surface area contributed by atoms with Crippen LogP contribution in [0.1, 0.15) is 11.1 Å². The Morgan fingerprint density at radius 1 is 1.54 bits per heavy atom. The molecule has 0 saturated carbocycles. The zero-order valence-corrected chi connectivity index (χ0v) is 8.75. The third kappa shape index (κ3) is 1.65. The molecule has 0 heterocycles. The Morgan fingerprint density at radius 2 is 2.08 bits per heavy atom. The van der Waals surface area contributed by atoms with Gasteiger partial charge in [-0.1, -0.05) is 0 Å². The van der Waals surface area contributed by atoms with E-state index in [1.807, 2.05) is 0 Å². The fourth-order valence-corrected chi connectivity index (χ4v) is 1.46. The number of phenols is 1. The molecule has 0 unspecified atom stereocenters. The summed E-state index contributed by atoms with van der Waals surface area (Å²) in [6.07, 6.45) is 0. The van der Waals surface area contributed by atoms with Gasteiger partial charge in [-0.2, -0.15) is 0 Å². The first-order valence-corrected chi connectivity index (χ1v) is 4.37. The maximum atomic E-state index is 10.5. The Labute approximate surface area is 83.5 Å². The summed E-state index contributed by atoms with van der Waals surface area (Å²) in [5.74, 6) is -0.289. The molecule has 0 radical (unpaired) electrons. The van der Waals surface area contributed by atoms with Gasteiger partial charge in [0.15, 0.2) is 5.75 Å². The molecule has 13 heavy (non-hydrogen) atoms. The largest absolute Gasteiger partial charge is 0.502 e. The number of rotatable bonds is 1. The van der Waals surface area contributed by atoms with E-state index < -0.39 is 4.92 Å². The molecule has 70 valence electrons. The number of hydrogen-bond donors (Lipinski definition) is 1. The lowest BCUT2D eigenvalue weighted by molar-refractivity contribution is -0.386. The Hall–Kier alpha value is -1.10. The molecule has 0 bridgehead atoms. The van der Waals surface area contributed by atoms with E-state index in [0.717, 1.165) is 5.56 Å². The van der Waals surface area contributed by atoms with Crippen molar-refractivity contribution in [3.05, 3.63) is 31.8 Å². The van der Waals surface area contributed by atoms with Crippen molar-refractivity contribution < 1.29 is 10.0 Å². The van der Waals surface area contributed by atoms with Gasteiger partial charge in [0, 0.05) is 10.0 Å². The van der Waals surface area contributed by atoms with Crippen molar-refractivity contribution in [1.82, 2.24) is 0 Å². The average Bonchev–Trinajstić information content (AvgIpc) is 1.99. The summed E-state index contributed by atoms with van der Waals surface area (Å²) < 4.78 is 0.664. The molecule has 0 atom stereocenters. The van der Waals surface area contributed by atoms with Crippen molar-refractivity contribution in [2.45, 2.75) is 13.8 Å². The average molecular weight is 246 g/mol. The van der Waals surface area contributed by atoms with E-state index >= 15 is 0 Å². The first kappa shape index (κ1) is 9.98. The van der Waals surface area contributed by atoms with Crippen molar-refractivity contribution >= 4 is 21.6 Å². The van der Waals surface area contributed by atoms with Gasteiger partial charge in [0.2, 0.25) is 0 Å². The van der Waals surface area contributed by atoms with Crippen molar-refractivity contribution in [1.29, 1.82) is 0 Å². The molecule has 0 fully saturated rings. The summed E-state index contributed by atoms with van der Waals surface area (Å²) in [4.78, 5) is 9.94. The predicted octanol–water partition coefficient (Wildman–Crippen LogP) is 2.68. The van der Waals surface area contributed by atoms with E-state index in [4.69, 9.17) is 0 Å². The molecule has 1 N–H and O–H groups in total. The van der Waals surface area contributed by atoms with Gasteiger partial charge in [-0.05, 0) is 41.4 Å². The van der Waals surface area contributed by atoms with Gasteiger partial charge in [0.25, 0.3) is 0 Å². The Bertz CT molecular complexity index is 376. The number of nitro benzene ring substituents is 1. The van der Waals surface area contributed by atoms with Crippen molar-refractivity contribution in [2.75, 3.05) is 0 Å². The van der Waals surface area contributed by atoms with Gasteiger partial charge >= 0.3 is 5.69 Å². The summed E-state index contributed by atoms with van der Waals surface area (Å²) >= 11 is 3.22. The maximum Gasteiger partial charge on any atom is 0.314 e. The molecule has 0 aliphatic carbocycles. The number of phenolic OH excluding ortho intramolecular Hbond substituents is 1. The van der Waals surface area contributed by atoms with Crippen LogP contribution in [-0.4, -0.2) is 10.0 Å². The van der Waals surface area contributed by atoms with Crippen LogP contribution < -0.4 is 0 Å². The maximum absolute atomic E-state index is 10.5. The van der Waals surface area contributed by atoms with Crippen LogP contribution in [-0.2, 0) is 0 Å². The normalized spacial score (nSPS) is 10.1. The lowest BCUT2D eigenvalue weighted by Gasteiger charge is -2.05. The number of aromatic hydroxyl groups is 1. The molecule has 0 aliphatic heterocycles. The SMILES string of the molecule is Cc1cc(O)c([N+](=O)[O-])c(C)c1Br. The summed E-state index contributed by atoms with van der Waals surface area (Å²) in [7, 11) is 0. The first-order chi connectivity index (χ1) is 5.95. The van der Waals surface area contributed by atoms with Crippen LogP contribution in [0.25, 0.3) is 0 Å². The number of nitrogens with zero attached hydrogens (tertiary/aromatic N) is 1. The van der Waals surface area contributed by atoms with Crippen LogP contribution >= 0.6 is 15.9 Å². The Balaban J connectivity index is 3.53. The van der Waals surface area contributed by atoms with Crippen LogP contribution in [0.15, 0.2) is 10.5 Å². The monoisotopic (exact) mass is 245 g/mol. The van der Waals surface area contributed by atoms with E-state index in [9.17, 15) is 15.2 Å². The van der Waals surface area contributed by atoms with Crippen LogP contribution in [0.2, 0.25) is 0 Å².